The molecule has 1 fully saturated rings. The van der Waals surface area contributed by atoms with Crippen LogP contribution < -0.4 is 0 Å². The fourth-order valence-electron chi connectivity index (χ4n) is 3.43. The van der Waals surface area contributed by atoms with Gasteiger partial charge in [0.05, 0.1) is 5.70 Å². The normalized spacial score (nSPS) is 20.9. The largest absolute Gasteiger partial charge is 0.449 e. The lowest BCUT2D eigenvalue weighted by atomic mass is 9.82. The van der Waals surface area contributed by atoms with Crippen molar-refractivity contribution in [3.05, 3.63) is 11.8 Å². The van der Waals surface area contributed by atoms with Gasteiger partial charge in [0.2, 0.25) is 0 Å². The minimum absolute atomic E-state index is 0.125. The summed E-state index contributed by atoms with van der Waals surface area (Å²) in [5, 5.41) is 0. The summed E-state index contributed by atoms with van der Waals surface area (Å²) in [6.07, 6.45) is 12.2. The van der Waals surface area contributed by atoms with Crippen LogP contribution in [0.4, 0.5) is 0 Å². The minimum Gasteiger partial charge on any atom is -0.449 e. The van der Waals surface area contributed by atoms with Gasteiger partial charge in [-0.3, -0.25) is 0 Å². The van der Waals surface area contributed by atoms with E-state index < -0.39 is 0 Å². The SMILES string of the molecule is CCCCN(CCCC)C1=CC(=O)OC12CCCCC2. The summed E-state index contributed by atoms with van der Waals surface area (Å²) in [6.45, 7) is 6.56. The average molecular weight is 279 g/mol. The van der Waals surface area contributed by atoms with Gasteiger partial charge in [0.15, 0.2) is 5.60 Å². The van der Waals surface area contributed by atoms with E-state index in [0.29, 0.717) is 0 Å². The Morgan fingerprint density at radius 2 is 1.70 bits per heavy atom. The average Bonchev–Trinajstić information content (AvgIpc) is 2.76. The molecule has 0 aromatic rings. The minimum atomic E-state index is -0.281. The third-order valence-corrected chi connectivity index (χ3v) is 4.58. The summed E-state index contributed by atoms with van der Waals surface area (Å²) in [6, 6.07) is 0. The number of nitrogens with zero attached hydrogens (tertiary/aromatic N) is 1. The van der Waals surface area contributed by atoms with Crippen LogP contribution in [0.2, 0.25) is 0 Å². The highest BCUT2D eigenvalue weighted by Gasteiger charge is 2.45. The summed E-state index contributed by atoms with van der Waals surface area (Å²) in [7, 11) is 0. The second kappa shape index (κ2) is 7.14. The van der Waals surface area contributed by atoms with Crippen LogP contribution >= 0.6 is 0 Å². The monoisotopic (exact) mass is 279 g/mol. The molecule has 20 heavy (non-hydrogen) atoms. The molecule has 1 aliphatic heterocycles. The van der Waals surface area contributed by atoms with E-state index in [1.807, 2.05) is 0 Å². The maximum atomic E-state index is 11.9. The van der Waals surface area contributed by atoms with Crippen molar-refractivity contribution < 1.29 is 9.53 Å². The number of esters is 1. The first-order valence-electron chi connectivity index (χ1n) is 8.42. The van der Waals surface area contributed by atoms with E-state index in [9.17, 15) is 4.79 Å². The molecule has 0 saturated heterocycles. The van der Waals surface area contributed by atoms with Gasteiger partial charge in [-0.1, -0.05) is 33.1 Å². The van der Waals surface area contributed by atoms with Gasteiger partial charge in [-0.15, -0.1) is 0 Å². The van der Waals surface area contributed by atoms with Crippen molar-refractivity contribution in [2.75, 3.05) is 13.1 Å². The molecule has 2 aliphatic rings. The summed E-state index contributed by atoms with van der Waals surface area (Å²) >= 11 is 0. The Kier molecular flexibility index (Phi) is 5.50. The lowest BCUT2D eigenvalue weighted by Crippen LogP contribution is -2.42. The first-order chi connectivity index (χ1) is 9.72. The maximum Gasteiger partial charge on any atom is 0.333 e. The van der Waals surface area contributed by atoms with E-state index in [1.165, 1.54) is 50.6 Å². The van der Waals surface area contributed by atoms with Crippen LogP contribution in [0.1, 0.15) is 71.6 Å². The molecule has 0 amide bonds. The lowest BCUT2D eigenvalue weighted by Gasteiger charge is -2.40. The number of carbonyl (C=O) groups excluding carboxylic acids is 1. The number of unbranched alkanes of at least 4 members (excludes halogenated alkanes) is 2. The molecule has 0 bridgehead atoms. The molecule has 1 aliphatic carbocycles. The summed E-state index contributed by atoms with van der Waals surface area (Å²) < 4.78 is 5.77. The summed E-state index contributed by atoms with van der Waals surface area (Å²) in [5.74, 6) is -0.125. The van der Waals surface area contributed by atoms with Crippen molar-refractivity contribution in [2.24, 2.45) is 0 Å². The second-order valence-electron chi connectivity index (χ2n) is 6.20. The zero-order chi connectivity index (χ0) is 14.4. The van der Waals surface area contributed by atoms with Crippen molar-refractivity contribution in [3.63, 3.8) is 0 Å². The molecule has 0 aromatic heterocycles. The van der Waals surface area contributed by atoms with E-state index in [0.717, 1.165) is 25.9 Å². The molecule has 0 aromatic carbocycles. The first-order valence-corrected chi connectivity index (χ1v) is 8.42. The molecule has 0 N–H and O–H groups in total. The molecule has 2 rings (SSSR count). The Hall–Kier alpha value is -0.990. The molecule has 1 spiro atoms. The van der Waals surface area contributed by atoms with E-state index in [4.69, 9.17) is 4.74 Å². The van der Waals surface area contributed by atoms with E-state index >= 15 is 0 Å². The zero-order valence-corrected chi connectivity index (χ0v) is 13.1. The number of hydrogen-bond donors (Lipinski definition) is 0. The van der Waals surface area contributed by atoms with Crippen LogP contribution in [0.15, 0.2) is 11.8 Å². The van der Waals surface area contributed by atoms with Crippen LogP contribution in [0.3, 0.4) is 0 Å². The number of rotatable bonds is 7. The molecular formula is C17H29NO2. The highest BCUT2D eigenvalue weighted by atomic mass is 16.6. The molecule has 1 saturated carbocycles. The van der Waals surface area contributed by atoms with E-state index in [-0.39, 0.29) is 11.6 Å². The molecule has 3 heteroatoms. The number of hydrogen-bond acceptors (Lipinski definition) is 3. The van der Waals surface area contributed by atoms with Crippen molar-refractivity contribution in [2.45, 2.75) is 77.2 Å². The van der Waals surface area contributed by atoms with Crippen molar-refractivity contribution in [1.29, 1.82) is 0 Å². The molecular weight excluding hydrogens is 250 g/mol. The fraction of sp³-hybridized carbons (Fsp3) is 0.824. The van der Waals surface area contributed by atoms with Gasteiger partial charge < -0.3 is 9.64 Å². The Balaban J connectivity index is 2.14. The highest BCUT2D eigenvalue weighted by molar-refractivity contribution is 5.86. The summed E-state index contributed by atoms with van der Waals surface area (Å²) in [5.41, 5.74) is 0.903. The highest BCUT2D eigenvalue weighted by Crippen LogP contribution is 2.42. The van der Waals surface area contributed by atoms with Crippen molar-refractivity contribution in [1.82, 2.24) is 4.90 Å². The zero-order valence-electron chi connectivity index (χ0n) is 13.1. The third kappa shape index (κ3) is 3.36. The standard InChI is InChI=1S/C17H29NO2/c1-3-5-12-18(13-6-4-2)15-14-16(19)20-17(15)10-8-7-9-11-17/h14H,3-13H2,1-2H3. The maximum absolute atomic E-state index is 11.9. The lowest BCUT2D eigenvalue weighted by molar-refractivity contribution is -0.149. The topological polar surface area (TPSA) is 29.5 Å². The molecule has 1 heterocycles. The number of ether oxygens (including phenoxy) is 1. The molecule has 0 atom stereocenters. The van der Waals surface area contributed by atoms with Gasteiger partial charge in [0.25, 0.3) is 0 Å². The van der Waals surface area contributed by atoms with Gasteiger partial charge in [-0.25, -0.2) is 4.79 Å². The Labute approximate surface area is 123 Å². The molecule has 3 nitrogen and oxygen atoms in total. The van der Waals surface area contributed by atoms with Gasteiger partial charge >= 0.3 is 5.97 Å². The van der Waals surface area contributed by atoms with Gasteiger partial charge in [-0.05, 0) is 38.5 Å². The van der Waals surface area contributed by atoms with Crippen LogP contribution in [0.5, 0.6) is 0 Å². The van der Waals surface area contributed by atoms with E-state index in [2.05, 4.69) is 18.7 Å². The van der Waals surface area contributed by atoms with Crippen LogP contribution in [-0.2, 0) is 9.53 Å². The predicted molar refractivity (Wildman–Crippen MR) is 81.4 cm³/mol. The molecule has 114 valence electrons. The number of carbonyl (C=O) groups is 1. The van der Waals surface area contributed by atoms with Crippen molar-refractivity contribution >= 4 is 5.97 Å². The molecule has 0 unspecified atom stereocenters. The van der Waals surface area contributed by atoms with Gasteiger partial charge in [0, 0.05) is 19.2 Å². The van der Waals surface area contributed by atoms with Gasteiger partial charge in [0.1, 0.15) is 0 Å². The Bertz CT molecular complexity index is 348. The molecule has 0 radical (unpaired) electrons. The second-order valence-corrected chi connectivity index (χ2v) is 6.20. The van der Waals surface area contributed by atoms with Crippen molar-refractivity contribution in [3.8, 4) is 0 Å². The fourth-order valence-corrected chi connectivity index (χ4v) is 3.43. The summed E-state index contributed by atoms with van der Waals surface area (Å²) in [4.78, 5) is 14.3. The van der Waals surface area contributed by atoms with Crippen LogP contribution in [-0.4, -0.2) is 29.6 Å². The smallest absolute Gasteiger partial charge is 0.333 e. The van der Waals surface area contributed by atoms with Crippen LogP contribution in [0.25, 0.3) is 0 Å². The predicted octanol–water partition coefficient (Wildman–Crippen LogP) is 4.03. The van der Waals surface area contributed by atoms with Crippen LogP contribution in [0, 0.1) is 0 Å². The first kappa shape index (κ1) is 15.4. The quantitative estimate of drug-likeness (QED) is 0.659. The Morgan fingerprint density at radius 1 is 1.10 bits per heavy atom. The Morgan fingerprint density at radius 3 is 2.25 bits per heavy atom. The van der Waals surface area contributed by atoms with Gasteiger partial charge in [-0.2, -0.15) is 0 Å². The third-order valence-electron chi connectivity index (χ3n) is 4.58. The van der Waals surface area contributed by atoms with E-state index in [1.54, 1.807) is 6.08 Å².